The molecule has 0 aliphatic carbocycles. The molecule has 1 unspecified atom stereocenters. The summed E-state index contributed by atoms with van der Waals surface area (Å²) in [6.45, 7) is 8.08. The minimum Gasteiger partial charge on any atom is -0.378 e. The maximum atomic E-state index is 13.6. The van der Waals surface area contributed by atoms with Gasteiger partial charge in [-0.3, -0.25) is 0 Å². The zero-order chi connectivity index (χ0) is 14.3. The predicted octanol–water partition coefficient (Wildman–Crippen LogP) is 3.46. The summed E-state index contributed by atoms with van der Waals surface area (Å²) in [5.74, 6) is -0.497. The van der Waals surface area contributed by atoms with Gasteiger partial charge in [0.25, 0.3) is 0 Å². The lowest BCUT2D eigenvalue weighted by Gasteiger charge is -2.28. The van der Waals surface area contributed by atoms with Crippen molar-refractivity contribution in [2.45, 2.75) is 51.4 Å². The van der Waals surface area contributed by atoms with Crippen LogP contribution in [0.2, 0.25) is 0 Å². The van der Waals surface area contributed by atoms with Gasteiger partial charge in [0, 0.05) is 0 Å². The largest absolute Gasteiger partial charge is 0.378 e. The third-order valence-electron chi connectivity index (χ3n) is 3.53. The van der Waals surface area contributed by atoms with E-state index in [-0.39, 0.29) is 22.8 Å². The molecular formula is C15H19FN2O. The van der Waals surface area contributed by atoms with Crippen LogP contribution < -0.4 is 5.32 Å². The fourth-order valence-electron chi connectivity index (χ4n) is 2.73. The van der Waals surface area contributed by atoms with E-state index in [9.17, 15) is 4.39 Å². The molecule has 1 heterocycles. The molecule has 0 spiro atoms. The van der Waals surface area contributed by atoms with Crippen LogP contribution in [0.1, 0.15) is 39.7 Å². The number of nitrogens with one attached hydrogen (secondary N) is 1. The quantitative estimate of drug-likeness (QED) is 0.887. The number of hydrogen-bond donors (Lipinski definition) is 1. The molecule has 1 aromatic carbocycles. The van der Waals surface area contributed by atoms with Crippen molar-refractivity contribution in [3.05, 3.63) is 29.6 Å². The lowest BCUT2D eigenvalue weighted by Crippen LogP contribution is -2.38. The number of hydrogen-bond acceptors (Lipinski definition) is 3. The van der Waals surface area contributed by atoms with Crippen LogP contribution in [0.4, 0.5) is 10.1 Å². The number of anilines is 1. The minimum absolute atomic E-state index is 0.0383. The first-order chi connectivity index (χ1) is 8.75. The van der Waals surface area contributed by atoms with Gasteiger partial charge in [-0.05, 0) is 46.2 Å². The highest BCUT2D eigenvalue weighted by atomic mass is 19.1. The van der Waals surface area contributed by atoms with Crippen LogP contribution in [0.5, 0.6) is 0 Å². The summed E-state index contributed by atoms with van der Waals surface area (Å²) in [4.78, 5) is 0. The van der Waals surface area contributed by atoms with E-state index in [1.54, 1.807) is 12.1 Å². The highest BCUT2D eigenvalue weighted by Gasteiger charge is 2.46. The molecule has 1 saturated heterocycles. The average molecular weight is 262 g/mol. The van der Waals surface area contributed by atoms with Crippen molar-refractivity contribution in [1.29, 1.82) is 5.26 Å². The van der Waals surface area contributed by atoms with Gasteiger partial charge in [-0.15, -0.1) is 0 Å². The third-order valence-corrected chi connectivity index (χ3v) is 3.53. The van der Waals surface area contributed by atoms with E-state index in [1.807, 2.05) is 33.8 Å². The van der Waals surface area contributed by atoms with Gasteiger partial charge in [0.05, 0.1) is 22.9 Å². The standard InChI is InChI=1S/C15H19FN2O/c1-14(2)8-13(15(3,4)19-14)18-12-7-5-6-11(16)10(12)9-17/h5-7,13,18H,8H2,1-4H3. The van der Waals surface area contributed by atoms with Crippen LogP contribution in [-0.4, -0.2) is 17.2 Å². The molecule has 0 bridgehead atoms. The molecule has 1 N–H and O–H groups in total. The van der Waals surface area contributed by atoms with Crippen LogP contribution in [0.25, 0.3) is 0 Å². The van der Waals surface area contributed by atoms with Crippen molar-refractivity contribution in [2.75, 3.05) is 5.32 Å². The molecule has 1 atom stereocenters. The summed E-state index contributed by atoms with van der Waals surface area (Å²) in [7, 11) is 0. The highest BCUT2D eigenvalue weighted by Crippen LogP contribution is 2.39. The van der Waals surface area contributed by atoms with Crippen LogP contribution >= 0.6 is 0 Å². The molecule has 0 aromatic heterocycles. The first-order valence-corrected chi connectivity index (χ1v) is 6.40. The Bertz CT molecular complexity index is 531. The van der Waals surface area contributed by atoms with Crippen molar-refractivity contribution < 1.29 is 9.13 Å². The zero-order valence-corrected chi connectivity index (χ0v) is 11.7. The Morgan fingerprint density at radius 2 is 2.05 bits per heavy atom. The van der Waals surface area contributed by atoms with Gasteiger partial charge in [-0.2, -0.15) is 5.26 Å². The van der Waals surface area contributed by atoms with Crippen molar-refractivity contribution in [3.63, 3.8) is 0 Å². The summed E-state index contributed by atoms with van der Waals surface area (Å²) in [5, 5.41) is 12.3. The zero-order valence-electron chi connectivity index (χ0n) is 11.7. The number of nitriles is 1. The molecule has 3 nitrogen and oxygen atoms in total. The first-order valence-electron chi connectivity index (χ1n) is 6.40. The van der Waals surface area contributed by atoms with Gasteiger partial charge in [-0.25, -0.2) is 4.39 Å². The van der Waals surface area contributed by atoms with Crippen molar-refractivity contribution in [2.24, 2.45) is 0 Å². The maximum absolute atomic E-state index is 13.6. The van der Waals surface area contributed by atoms with Crippen LogP contribution in [0, 0.1) is 17.1 Å². The molecule has 1 fully saturated rings. The summed E-state index contributed by atoms with van der Waals surface area (Å²) >= 11 is 0. The number of rotatable bonds is 2. The normalized spacial score (nSPS) is 23.9. The Labute approximate surface area is 113 Å². The second-order valence-corrected chi connectivity index (χ2v) is 6.14. The van der Waals surface area contributed by atoms with Crippen LogP contribution in [0.3, 0.4) is 0 Å². The SMILES string of the molecule is CC1(C)CC(Nc2cccc(F)c2C#N)C(C)(C)O1. The Kier molecular flexibility index (Phi) is 3.27. The summed E-state index contributed by atoms with van der Waals surface area (Å²) < 4.78 is 19.6. The fourth-order valence-corrected chi connectivity index (χ4v) is 2.73. The molecule has 19 heavy (non-hydrogen) atoms. The Morgan fingerprint density at radius 3 is 2.58 bits per heavy atom. The van der Waals surface area contributed by atoms with Crippen LogP contribution in [-0.2, 0) is 4.74 Å². The molecular weight excluding hydrogens is 243 g/mol. The number of halogens is 1. The van der Waals surface area contributed by atoms with Crippen molar-refractivity contribution >= 4 is 5.69 Å². The van der Waals surface area contributed by atoms with Gasteiger partial charge >= 0.3 is 0 Å². The molecule has 0 amide bonds. The summed E-state index contributed by atoms with van der Waals surface area (Å²) in [5.41, 5.74) is 0.00833. The Balaban J connectivity index is 2.28. The lowest BCUT2D eigenvalue weighted by atomic mass is 9.94. The first kappa shape index (κ1) is 13.8. The van der Waals surface area contributed by atoms with Gasteiger partial charge in [0.15, 0.2) is 0 Å². The van der Waals surface area contributed by atoms with Gasteiger partial charge in [0.2, 0.25) is 0 Å². The monoisotopic (exact) mass is 262 g/mol. The van der Waals surface area contributed by atoms with E-state index in [4.69, 9.17) is 10.00 Å². The Hall–Kier alpha value is -1.60. The fraction of sp³-hybridized carbons (Fsp3) is 0.533. The second kappa shape index (κ2) is 4.50. The summed E-state index contributed by atoms with van der Waals surface area (Å²) in [6, 6.07) is 6.57. The molecule has 4 heteroatoms. The van der Waals surface area contributed by atoms with E-state index in [0.29, 0.717) is 5.69 Å². The van der Waals surface area contributed by atoms with Crippen molar-refractivity contribution in [1.82, 2.24) is 0 Å². The predicted molar refractivity (Wildman–Crippen MR) is 72.4 cm³/mol. The number of ether oxygens (including phenoxy) is 1. The molecule has 2 rings (SSSR count). The summed E-state index contributed by atoms with van der Waals surface area (Å²) in [6.07, 6.45) is 0.807. The van der Waals surface area contributed by atoms with Gasteiger partial charge in [0.1, 0.15) is 17.4 Å². The molecule has 1 aliphatic rings. The molecule has 1 aliphatic heterocycles. The third kappa shape index (κ3) is 2.71. The van der Waals surface area contributed by atoms with Crippen LogP contribution in [0.15, 0.2) is 18.2 Å². The minimum atomic E-state index is -0.497. The van der Waals surface area contributed by atoms with Gasteiger partial charge < -0.3 is 10.1 Å². The van der Waals surface area contributed by atoms with Gasteiger partial charge in [-0.1, -0.05) is 6.07 Å². The Morgan fingerprint density at radius 1 is 1.37 bits per heavy atom. The van der Waals surface area contributed by atoms with E-state index in [2.05, 4.69) is 5.32 Å². The smallest absolute Gasteiger partial charge is 0.143 e. The van der Waals surface area contributed by atoms with Crippen molar-refractivity contribution in [3.8, 4) is 6.07 Å². The molecule has 0 saturated carbocycles. The number of nitrogens with zero attached hydrogens (tertiary/aromatic N) is 1. The molecule has 1 aromatic rings. The highest BCUT2D eigenvalue weighted by molar-refractivity contribution is 5.58. The lowest BCUT2D eigenvalue weighted by molar-refractivity contribution is -0.0662. The van der Waals surface area contributed by atoms with E-state index in [0.717, 1.165) is 6.42 Å². The second-order valence-electron chi connectivity index (χ2n) is 6.14. The van der Waals surface area contributed by atoms with E-state index >= 15 is 0 Å². The van der Waals surface area contributed by atoms with E-state index in [1.165, 1.54) is 6.07 Å². The topological polar surface area (TPSA) is 45.0 Å². The average Bonchev–Trinajstić information content (AvgIpc) is 2.47. The van der Waals surface area contributed by atoms with E-state index < -0.39 is 5.82 Å². The number of benzene rings is 1. The molecule has 102 valence electrons. The molecule has 0 radical (unpaired) electrons. The maximum Gasteiger partial charge on any atom is 0.143 e.